The number of amides is 1. The molecule has 0 saturated heterocycles. The smallest absolute Gasteiger partial charge is 0.268 e. The van der Waals surface area contributed by atoms with Crippen molar-refractivity contribution in [2.45, 2.75) is 360 Å². The molecule has 0 aliphatic heterocycles. The number of hydrogen-bond donors (Lipinski definition) is 2. The number of phosphoric ester groups is 1. The molecule has 0 aromatic carbocycles. The number of rotatable bonds is 64. The first-order valence-corrected chi connectivity index (χ1v) is 35.8. The number of unbranched alkanes of at least 4 members (excludes halogenated alkanes) is 47. The second-order valence-corrected chi connectivity index (χ2v) is 26.3. The Morgan fingerprint density at radius 1 is 0.449 bits per heavy atom. The Kier molecular flexibility index (Phi) is 59.3. The number of likely N-dealkylation sites (N-methyl/N-ethyl adjacent to an activating group) is 1. The minimum Gasteiger partial charge on any atom is -0.756 e. The first-order valence-electron chi connectivity index (χ1n) is 34.4. The van der Waals surface area contributed by atoms with Crippen LogP contribution in [0.4, 0.5) is 0 Å². The molecule has 0 radical (unpaired) electrons. The molecule has 3 atom stereocenters. The fourth-order valence-electron chi connectivity index (χ4n) is 10.5. The van der Waals surface area contributed by atoms with E-state index in [-0.39, 0.29) is 19.1 Å². The van der Waals surface area contributed by atoms with Gasteiger partial charge in [0.05, 0.1) is 39.9 Å². The van der Waals surface area contributed by atoms with Crippen LogP contribution >= 0.6 is 7.82 Å². The number of nitrogens with zero attached hydrogens (tertiary/aromatic N) is 1. The van der Waals surface area contributed by atoms with Gasteiger partial charge in [0.15, 0.2) is 0 Å². The molecule has 0 bridgehead atoms. The van der Waals surface area contributed by atoms with Crippen LogP contribution in [0.15, 0.2) is 36.5 Å². The van der Waals surface area contributed by atoms with E-state index in [1.165, 1.54) is 283 Å². The van der Waals surface area contributed by atoms with E-state index in [9.17, 15) is 19.4 Å². The molecule has 0 aromatic rings. The van der Waals surface area contributed by atoms with Gasteiger partial charge >= 0.3 is 0 Å². The number of aliphatic hydroxyl groups is 1. The molecule has 1 amide bonds. The maximum Gasteiger partial charge on any atom is 0.268 e. The first kappa shape index (κ1) is 76.7. The zero-order valence-corrected chi connectivity index (χ0v) is 53.8. The second kappa shape index (κ2) is 60.3. The van der Waals surface area contributed by atoms with Gasteiger partial charge in [-0.2, -0.15) is 0 Å². The molecule has 3 unspecified atom stereocenters. The minimum absolute atomic E-state index is 0.00153. The van der Waals surface area contributed by atoms with Crippen molar-refractivity contribution in [2.75, 3.05) is 40.9 Å². The van der Waals surface area contributed by atoms with Gasteiger partial charge in [-0.1, -0.05) is 326 Å². The largest absolute Gasteiger partial charge is 0.756 e. The number of phosphoric acid groups is 1. The van der Waals surface area contributed by atoms with E-state index < -0.39 is 20.0 Å². The molecule has 0 rings (SSSR count). The van der Waals surface area contributed by atoms with E-state index in [4.69, 9.17) is 9.05 Å². The van der Waals surface area contributed by atoms with Crippen molar-refractivity contribution in [3.8, 4) is 0 Å². The topological polar surface area (TPSA) is 108 Å². The summed E-state index contributed by atoms with van der Waals surface area (Å²) in [4.78, 5) is 25.5. The quantitative estimate of drug-likeness (QED) is 0.0272. The number of quaternary nitrogens is 1. The molecule has 0 fully saturated rings. The van der Waals surface area contributed by atoms with Gasteiger partial charge in [-0.25, -0.2) is 0 Å². The number of carbonyl (C=O) groups excluding carboxylic acids is 1. The van der Waals surface area contributed by atoms with Crippen molar-refractivity contribution in [1.82, 2.24) is 5.32 Å². The molecule has 0 aliphatic rings. The Hall–Kier alpha value is -1.28. The molecule has 0 aliphatic carbocycles. The molecular formula is C69H135N2O6P. The van der Waals surface area contributed by atoms with Crippen molar-refractivity contribution in [2.24, 2.45) is 0 Å². The van der Waals surface area contributed by atoms with E-state index in [1.54, 1.807) is 6.08 Å². The summed E-state index contributed by atoms with van der Waals surface area (Å²) in [7, 11) is 1.28. The lowest BCUT2D eigenvalue weighted by molar-refractivity contribution is -0.870. The Bertz CT molecular complexity index is 1360. The van der Waals surface area contributed by atoms with E-state index >= 15 is 0 Å². The van der Waals surface area contributed by atoms with Crippen LogP contribution in [0.3, 0.4) is 0 Å². The van der Waals surface area contributed by atoms with Crippen LogP contribution in [-0.4, -0.2) is 68.5 Å². The van der Waals surface area contributed by atoms with Crippen molar-refractivity contribution < 1.29 is 32.9 Å². The van der Waals surface area contributed by atoms with Crippen LogP contribution in [0, 0.1) is 0 Å². The van der Waals surface area contributed by atoms with Gasteiger partial charge in [0, 0.05) is 6.42 Å². The van der Waals surface area contributed by atoms with Crippen LogP contribution in [-0.2, 0) is 18.4 Å². The minimum atomic E-state index is -4.59. The molecule has 2 N–H and O–H groups in total. The Morgan fingerprint density at radius 2 is 0.744 bits per heavy atom. The standard InChI is InChI=1S/C69H135N2O6P/c1-6-8-10-12-14-16-18-20-22-23-24-25-26-27-28-29-30-31-32-33-34-35-36-37-38-39-40-41-42-43-44-45-46-47-49-51-53-55-57-59-61-63-69(73)70-67(66-77-78(74,75)76-65-64-71(3,4)5)68(72)62-60-58-56-54-52-50-48-21-19-17-15-13-11-9-7-2/h18,20,23-24,60,62,67-68,72H,6-17,19,21-22,25-59,61,63-66H2,1-5H3,(H-,70,73,74,75)/b20-18-,24-23-,62-60+. The highest BCUT2D eigenvalue weighted by Gasteiger charge is 2.23. The molecule has 78 heavy (non-hydrogen) atoms. The Labute approximate surface area is 487 Å². The number of nitrogens with one attached hydrogen (secondary N) is 1. The third-order valence-corrected chi connectivity index (χ3v) is 16.8. The van der Waals surface area contributed by atoms with Crippen LogP contribution < -0.4 is 10.2 Å². The monoisotopic (exact) mass is 1120 g/mol. The summed E-state index contributed by atoms with van der Waals surface area (Å²) in [5, 5.41) is 13.9. The molecule has 462 valence electrons. The average Bonchev–Trinajstić information content (AvgIpc) is 3.41. The normalized spacial score (nSPS) is 13.9. The third kappa shape index (κ3) is 62.3. The fraction of sp³-hybridized carbons (Fsp3) is 0.899. The molecule has 8 nitrogen and oxygen atoms in total. The summed E-state index contributed by atoms with van der Waals surface area (Å²) in [6.45, 7) is 4.68. The molecule has 9 heteroatoms. The maximum atomic E-state index is 13.0. The van der Waals surface area contributed by atoms with E-state index in [0.29, 0.717) is 17.4 Å². The van der Waals surface area contributed by atoms with Gasteiger partial charge in [-0.3, -0.25) is 9.36 Å². The van der Waals surface area contributed by atoms with Crippen LogP contribution in [0.5, 0.6) is 0 Å². The number of carbonyl (C=O) groups is 1. The number of allylic oxidation sites excluding steroid dienone is 5. The Morgan fingerprint density at radius 3 is 1.06 bits per heavy atom. The predicted molar refractivity (Wildman–Crippen MR) is 339 cm³/mol. The van der Waals surface area contributed by atoms with Crippen molar-refractivity contribution in [1.29, 1.82) is 0 Å². The maximum absolute atomic E-state index is 13.0. The third-order valence-electron chi connectivity index (χ3n) is 15.8. The lowest BCUT2D eigenvalue weighted by Crippen LogP contribution is -2.45. The zero-order chi connectivity index (χ0) is 57.0. The van der Waals surface area contributed by atoms with E-state index in [2.05, 4.69) is 43.5 Å². The van der Waals surface area contributed by atoms with Crippen molar-refractivity contribution >= 4 is 13.7 Å². The highest BCUT2D eigenvalue weighted by Crippen LogP contribution is 2.38. The zero-order valence-electron chi connectivity index (χ0n) is 52.9. The molecule has 0 saturated carbocycles. The molecular weight excluding hydrogens is 984 g/mol. The van der Waals surface area contributed by atoms with Gasteiger partial charge in [0.2, 0.25) is 5.91 Å². The predicted octanol–water partition coefficient (Wildman–Crippen LogP) is 21.0. The first-order chi connectivity index (χ1) is 38.0. The van der Waals surface area contributed by atoms with Crippen molar-refractivity contribution in [3.05, 3.63) is 36.5 Å². The summed E-state index contributed by atoms with van der Waals surface area (Å²) in [6, 6.07) is -0.884. The van der Waals surface area contributed by atoms with Gasteiger partial charge < -0.3 is 28.8 Å². The van der Waals surface area contributed by atoms with E-state index in [0.717, 1.165) is 44.9 Å². The Balaban J connectivity index is 3.84. The summed E-state index contributed by atoms with van der Waals surface area (Å²) in [5.41, 5.74) is 0. The lowest BCUT2D eigenvalue weighted by atomic mass is 10.0. The summed E-state index contributed by atoms with van der Waals surface area (Å²) >= 11 is 0. The number of hydrogen-bond acceptors (Lipinski definition) is 6. The average molecular weight is 1120 g/mol. The van der Waals surface area contributed by atoms with Crippen LogP contribution in [0.2, 0.25) is 0 Å². The van der Waals surface area contributed by atoms with Gasteiger partial charge in [0.1, 0.15) is 13.2 Å². The van der Waals surface area contributed by atoms with E-state index in [1.807, 2.05) is 27.2 Å². The summed E-state index contributed by atoms with van der Waals surface area (Å²) in [6.07, 6.45) is 79.9. The number of aliphatic hydroxyl groups excluding tert-OH is 1. The summed E-state index contributed by atoms with van der Waals surface area (Å²) in [5.74, 6) is -0.191. The van der Waals surface area contributed by atoms with Crippen LogP contribution in [0.1, 0.15) is 348 Å². The molecule has 0 spiro atoms. The highest BCUT2D eigenvalue weighted by molar-refractivity contribution is 7.45. The summed E-state index contributed by atoms with van der Waals surface area (Å²) < 4.78 is 23.4. The fourth-order valence-corrected chi connectivity index (χ4v) is 11.2. The molecule has 0 heterocycles. The lowest BCUT2D eigenvalue weighted by Gasteiger charge is -2.29. The second-order valence-electron chi connectivity index (χ2n) is 24.9. The van der Waals surface area contributed by atoms with Crippen molar-refractivity contribution in [3.63, 3.8) is 0 Å². The van der Waals surface area contributed by atoms with Crippen LogP contribution in [0.25, 0.3) is 0 Å². The molecule has 0 aromatic heterocycles. The SMILES string of the molecule is CCCCCCC/C=C\C/C=C\CCCCCCCCCCCCCCCCCCCCCCCCCCCCCCCC(=O)NC(COP(=O)([O-])OCC[N+](C)(C)C)C(O)/C=C/CCCCCCCCCCCCCCC. The highest BCUT2D eigenvalue weighted by atomic mass is 31.2. The van der Waals surface area contributed by atoms with Gasteiger partial charge in [-0.15, -0.1) is 0 Å². The van der Waals surface area contributed by atoms with Gasteiger partial charge in [-0.05, 0) is 51.4 Å². The van der Waals surface area contributed by atoms with Gasteiger partial charge in [0.25, 0.3) is 7.82 Å².